The number of hydrogen-bond donors (Lipinski definition) is 3. The largest absolute Gasteiger partial charge is 0.504 e. The number of rotatable bonds is 10. The SMILES string of the molecule is CCCCC(CN(NCC)C1CCc2c(ccc(O)c2O)C1)Sc1nccn1C. The van der Waals surface area contributed by atoms with E-state index in [4.69, 9.17) is 0 Å². The molecule has 0 spiro atoms. The van der Waals surface area contributed by atoms with E-state index in [2.05, 4.69) is 33.8 Å². The van der Waals surface area contributed by atoms with E-state index in [0.29, 0.717) is 11.3 Å². The molecule has 2 atom stereocenters. The highest BCUT2D eigenvalue weighted by Gasteiger charge is 2.28. The Labute approximate surface area is 178 Å². The van der Waals surface area contributed by atoms with Crippen LogP contribution in [0.1, 0.15) is 50.7 Å². The highest BCUT2D eigenvalue weighted by Crippen LogP contribution is 2.37. The van der Waals surface area contributed by atoms with Crippen molar-refractivity contribution in [2.24, 2.45) is 7.05 Å². The lowest BCUT2D eigenvalue weighted by Gasteiger charge is -2.37. The van der Waals surface area contributed by atoms with Crippen LogP contribution < -0.4 is 5.43 Å². The maximum absolute atomic E-state index is 10.2. The third kappa shape index (κ3) is 5.47. The third-order valence-electron chi connectivity index (χ3n) is 5.67. The molecule has 0 fully saturated rings. The van der Waals surface area contributed by atoms with Gasteiger partial charge >= 0.3 is 0 Å². The van der Waals surface area contributed by atoms with Gasteiger partial charge in [-0.25, -0.2) is 9.99 Å². The van der Waals surface area contributed by atoms with Crippen molar-refractivity contribution in [1.82, 2.24) is 20.0 Å². The van der Waals surface area contributed by atoms with E-state index in [-0.39, 0.29) is 11.5 Å². The number of hydrogen-bond acceptors (Lipinski definition) is 6. The number of fused-ring (bicyclic) bond motifs is 1. The molecule has 0 radical (unpaired) electrons. The molecule has 0 bridgehead atoms. The van der Waals surface area contributed by atoms with E-state index in [1.807, 2.05) is 37.3 Å². The molecule has 3 N–H and O–H groups in total. The topological polar surface area (TPSA) is 73.6 Å². The standard InChI is InChI=1S/C22H34N4O2S/c1-4-6-7-18(29-22-23-12-13-25(22)3)15-26(24-5-2)17-9-10-19-16(14-17)8-11-20(27)21(19)28/h8,11-13,17-18,24,27-28H,4-7,9-10,14-15H2,1-3H3. The molecule has 2 unspecified atom stereocenters. The summed E-state index contributed by atoms with van der Waals surface area (Å²) in [5.41, 5.74) is 5.64. The maximum Gasteiger partial charge on any atom is 0.167 e. The smallest absolute Gasteiger partial charge is 0.167 e. The van der Waals surface area contributed by atoms with E-state index >= 15 is 0 Å². The summed E-state index contributed by atoms with van der Waals surface area (Å²) in [4.78, 5) is 4.51. The van der Waals surface area contributed by atoms with E-state index in [0.717, 1.165) is 55.1 Å². The van der Waals surface area contributed by atoms with Crippen LogP contribution in [0, 0.1) is 0 Å². The minimum atomic E-state index is -0.0168. The zero-order valence-corrected chi connectivity index (χ0v) is 18.6. The van der Waals surface area contributed by atoms with Crippen molar-refractivity contribution in [3.8, 4) is 11.5 Å². The number of unbranched alkanes of at least 4 members (excludes halogenated alkanes) is 1. The average Bonchev–Trinajstić information content (AvgIpc) is 3.12. The first kappa shape index (κ1) is 22.0. The molecule has 1 heterocycles. The lowest BCUT2D eigenvalue weighted by atomic mass is 9.87. The molecule has 29 heavy (non-hydrogen) atoms. The molecule has 1 aromatic carbocycles. The van der Waals surface area contributed by atoms with Gasteiger partial charge in [0.05, 0.1) is 0 Å². The van der Waals surface area contributed by atoms with E-state index in [1.165, 1.54) is 12.8 Å². The van der Waals surface area contributed by atoms with Gasteiger partial charge in [0, 0.05) is 49.4 Å². The highest BCUT2D eigenvalue weighted by molar-refractivity contribution is 7.99. The Morgan fingerprint density at radius 2 is 2.17 bits per heavy atom. The van der Waals surface area contributed by atoms with Crippen LogP contribution in [0.25, 0.3) is 0 Å². The van der Waals surface area contributed by atoms with Crippen LogP contribution in [0.15, 0.2) is 29.7 Å². The van der Waals surface area contributed by atoms with E-state index in [1.54, 1.807) is 6.07 Å². The summed E-state index contributed by atoms with van der Waals surface area (Å²) in [6.45, 7) is 6.22. The van der Waals surface area contributed by atoms with Crippen LogP contribution >= 0.6 is 11.8 Å². The number of thioether (sulfide) groups is 1. The highest BCUT2D eigenvalue weighted by atomic mass is 32.2. The molecule has 0 saturated heterocycles. The summed E-state index contributed by atoms with van der Waals surface area (Å²) in [5.74, 6) is 0.0407. The van der Waals surface area contributed by atoms with Crippen LogP contribution in [0.2, 0.25) is 0 Å². The molecule has 0 aliphatic heterocycles. The van der Waals surface area contributed by atoms with Crippen molar-refractivity contribution in [3.63, 3.8) is 0 Å². The van der Waals surface area contributed by atoms with Gasteiger partial charge in [-0.3, -0.25) is 5.43 Å². The van der Waals surface area contributed by atoms with Gasteiger partial charge in [-0.15, -0.1) is 0 Å². The summed E-state index contributed by atoms with van der Waals surface area (Å²) in [6.07, 6.45) is 10.1. The number of nitrogens with zero attached hydrogens (tertiary/aromatic N) is 3. The quantitative estimate of drug-likeness (QED) is 0.309. The molecule has 2 aromatic rings. The summed E-state index contributed by atoms with van der Waals surface area (Å²) < 4.78 is 2.09. The van der Waals surface area contributed by atoms with Crippen molar-refractivity contribution >= 4 is 11.8 Å². The van der Waals surface area contributed by atoms with Crippen molar-refractivity contribution < 1.29 is 10.2 Å². The van der Waals surface area contributed by atoms with Crippen molar-refractivity contribution in [2.45, 2.75) is 68.8 Å². The second kappa shape index (κ2) is 10.4. The lowest BCUT2D eigenvalue weighted by molar-refractivity contribution is 0.114. The molecule has 6 nitrogen and oxygen atoms in total. The van der Waals surface area contributed by atoms with Crippen LogP contribution in [0.4, 0.5) is 0 Å². The molecule has 3 rings (SSSR count). The van der Waals surface area contributed by atoms with Crippen molar-refractivity contribution in [1.29, 1.82) is 0 Å². The van der Waals surface area contributed by atoms with Crippen molar-refractivity contribution in [2.75, 3.05) is 13.1 Å². The number of benzene rings is 1. The fourth-order valence-electron chi connectivity index (χ4n) is 4.07. The molecule has 1 aromatic heterocycles. The predicted octanol–water partition coefficient (Wildman–Crippen LogP) is 3.87. The zero-order chi connectivity index (χ0) is 20.8. The molecule has 7 heteroatoms. The minimum absolute atomic E-state index is 0.0168. The molecule has 1 aliphatic carbocycles. The fraction of sp³-hybridized carbons (Fsp3) is 0.591. The number of phenolic OH excluding ortho intramolecular Hbond substituents is 2. The van der Waals surface area contributed by atoms with Gasteiger partial charge in [-0.05, 0) is 37.3 Å². The minimum Gasteiger partial charge on any atom is -0.504 e. The van der Waals surface area contributed by atoms with Crippen LogP contribution in [-0.2, 0) is 19.9 Å². The Hall–Kier alpha value is -1.70. The first-order chi connectivity index (χ1) is 14.0. The van der Waals surface area contributed by atoms with E-state index in [9.17, 15) is 10.2 Å². The van der Waals surface area contributed by atoms with Gasteiger partial charge in [0.15, 0.2) is 16.7 Å². The maximum atomic E-state index is 10.2. The number of aromatic hydroxyl groups is 2. The Kier molecular flexibility index (Phi) is 7.86. The summed E-state index contributed by atoms with van der Waals surface area (Å²) in [5, 5.41) is 23.9. The first-order valence-electron chi connectivity index (χ1n) is 10.7. The van der Waals surface area contributed by atoms with Gasteiger partial charge in [0.2, 0.25) is 0 Å². The second-order valence-corrected chi connectivity index (χ2v) is 9.10. The molecule has 1 aliphatic rings. The molecule has 160 valence electrons. The Morgan fingerprint density at radius 1 is 1.34 bits per heavy atom. The molecule has 0 amide bonds. The van der Waals surface area contributed by atoms with E-state index < -0.39 is 0 Å². The third-order valence-corrected chi connectivity index (χ3v) is 6.99. The van der Waals surface area contributed by atoms with Gasteiger partial charge in [-0.2, -0.15) is 0 Å². The van der Waals surface area contributed by atoms with Gasteiger partial charge < -0.3 is 14.8 Å². The number of aromatic nitrogens is 2. The average molecular weight is 419 g/mol. The monoisotopic (exact) mass is 418 g/mol. The summed E-state index contributed by atoms with van der Waals surface area (Å²) in [7, 11) is 2.05. The molecule has 0 saturated carbocycles. The van der Waals surface area contributed by atoms with Crippen molar-refractivity contribution in [3.05, 3.63) is 35.7 Å². The Morgan fingerprint density at radius 3 is 2.86 bits per heavy atom. The number of imidazole rings is 1. The van der Waals surface area contributed by atoms with Crippen LogP contribution in [0.5, 0.6) is 11.5 Å². The summed E-state index contributed by atoms with van der Waals surface area (Å²) >= 11 is 1.87. The second-order valence-electron chi connectivity index (χ2n) is 7.83. The number of nitrogens with one attached hydrogen (secondary N) is 1. The molecular formula is C22H34N4O2S. The molecular weight excluding hydrogens is 384 g/mol. The number of phenols is 2. The first-order valence-corrected chi connectivity index (χ1v) is 11.6. The Balaban J connectivity index is 1.73. The van der Waals surface area contributed by atoms with Crippen LogP contribution in [0.3, 0.4) is 0 Å². The normalized spacial score (nSPS) is 17.4. The number of hydrazine groups is 1. The predicted molar refractivity (Wildman–Crippen MR) is 118 cm³/mol. The lowest BCUT2D eigenvalue weighted by Crippen LogP contribution is -2.50. The summed E-state index contributed by atoms with van der Waals surface area (Å²) in [6, 6.07) is 3.94. The zero-order valence-electron chi connectivity index (χ0n) is 17.8. The van der Waals surface area contributed by atoms with Crippen LogP contribution in [-0.4, -0.2) is 49.2 Å². The van der Waals surface area contributed by atoms with Gasteiger partial charge in [0.25, 0.3) is 0 Å². The van der Waals surface area contributed by atoms with Gasteiger partial charge in [-0.1, -0.05) is 44.5 Å². The fourth-order valence-corrected chi connectivity index (χ4v) is 5.23. The Bertz CT molecular complexity index is 795. The van der Waals surface area contributed by atoms with Gasteiger partial charge in [0.1, 0.15) is 0 Å². The number of aryl methyl sites for hydroxylation is 1.